The second-order valence-corrected chi connectivity index (χ2v) is 10.5. The van der Waals surface area contributed by atoms with Crippen LogP contribution in [-0.4, -0.2) is 32.3 Å². The van der Waals surface area contributed by atoms with Crippen LogP contribution in [0.5, 0.6) is 5.75 Å². The van der Waals surface area contributed by atoms with Gasteiger partial charge in [-0.25, -0.2) is 23.3 Å². The number of aliphatic imine (C=N–C) groups is 2. The standard InChI is InChI=1S/C27H30N6O4S/c1-3-19-4-8-21(9-5-19)32-26(34)33-22-10-12-23(13-11-22)37-27(2)16-25(30-18-31-27)29-17-20-6-14-24(15-7-20)38(28,35)36/h4-15,18H,3,16-17H2,1-2H3,(H2,28,35,36)(H,29,30,31)(H2,32,33,34). The molecule has 1 unspecified atom stereocenters. The lowest BCUT2D eigenvalue weighted by atomic mass is 10.1. The number of nitrogens with one attached hydrogen (secondary N) is 3. The number of amidine groups is 1. The monoisotopic (exact) mass is 534 g/mol. The van der Waals surface area contributed by atoms with Gasteiger partial charge in [-0.05, 0) is 73.0 Å². The summed E-state index contributed by atoms with van der Waals surface area (Å²) in [6, 6.07) is 20.7. The summed E-state index contributed by atoms with van der Waals surface area (Å²) in [4.78, 5) is 21.4. The predicted molar refractivity (Wildman–Crippen MR) is 149 cm³/mol. The zero-order valence-electron chi connectivity index (χ0n) is 21.1. The second kappa shape index (κ2) is 11.4. The average molecular weight is 535 g/mol. The lowest BCUT2D eigenvalue weighted by Gasteiger charge is -2.30. The normalized spacial score (nSPS) is 18.0. The van der Waals surface area contributed by atoms with Gasteiger partial charge < -0.3 is 20.7 Å². The Balaban J connectivity index is 1.32. The van der Waals surface area contributed by atoms with E-state index in [4.69, 9.17) is 9.88 Å². The molecule has 0 radical (unpaired) electrons. The van der Waals surface area contributed by atoms with Gasteiger partial charge in [0.25, 0.3) is 0 Å². The van der Waals surface area contributed by atoms with E-state index in [2.05, 4.69) is 32.9 Å². The summed E-state index contributed by atoms with van der Waals surface area (Å²) in [5.74, 6) is 1.27. The van der Waals surface area contributed by atoms with E-state index in [-0.39, 0.29) is 10.9 Å². The molecule has 1 aliphatic rings. The number of nitrogens with zero attached hydrogens (tertiary/aromatic N) is 2. The number of sulfonamides is 1. The number of benzene rings is 3. The first-order valence-electron chi connectivity index (χ1n) is 12.0. The third-order valence-corrected chi connectivity index (χ3v) is 6.77. The Hall–Kier alpha value is -4.22. The van der Waals surface area contributed by atoms with Gasteiger partial charge in [-0.3, -0.25) is 4.99 Å². The smallest absolute Gasteiger partial charge is 0.323 e. The van der Waals surface area contributed by atoms with Gasteiger partial charge in [-0.2, -0.15) is 0 Å². The van der Waals surface area contributed by atoms with Crippen molar-refractivity contribution in [2.45, 2.75) is 43.9 Å². The van der Waals surface area contributed by atoms with Crippen LogP contribution < -0.4 is 25.8 Å². The molecule has 0 saturated carbocycles. The number of carbonyl (C=O) groups excluding carboxylic acids is 1. The Bertz CT molecular complexity index is 1440. The number of hydrogen-bond acceptors (Lipinski definition) is 6. The first-order valence-corrected chi connectivity index (χ1v) is 13.6. The van der Waals surface area contributed by atoms with Crippen LogP contribution in [-0.2, 0) is 23.0 Å². The fourth-order valence-electron chi connectivity index (χ4n) is 3.76. The number of nitrogens with two attached hydrogens (primary N) is 1. The molecule has 0 aromatic heterocycles. The fourth-order valence-corrected chi connectivity index (χ4v) is 4.28. The zero-order valence-corrected chi connectivity index (χ0v) is 22.0. The molecule has 0 bridgehead atoms. The van der Waals surface area contributed by atoms with Crippen LogP contribution in [0.3, 0.4) is 0 Å². The minimum atomic E-state index is -3.73. The lowest BCUT2D eigenvalue weighted by molar-refractivity contribution is 0.104. The number of primary sulfonamides is 1. The van der Waals surface area contributed by atoms with Crippen LogP contribution in [0.1, 0.15) is 31.4 Å². The Morgan fingerprint density at radius 1 is 1.00 bits per heavy atom. The number of amides is 2. The molecule has 38 heavy (non-hydrogen) atoms. The van der Waals surface area contributed by atoms with Gasteiger partial charge in [0.15, 0.2) is 0 Å². The molecule has 1 aliphatic heterocycles. The van der Waals surface area contributed by atoms with Crippen molar-refractivity contribution in [3.63, 3.8) is 0 Å². The van der Waals surface area contributed by atoms with Crippen LogP contribution in [0.25, 0.3) is 0 Å². The largest absolute Gasteiger partial charge is 0.466 e. The van der Waals surface area contributed by atoms with Crippen LogP contribution in [0.4, 0.5) is 16.2 Å². The summed E-state index contributed by atoms with van der Waals surface area (Å²) < 4.78 is 29.0. The van der Waals surface area contributed by atoms with E-state index in [0.717, 1.165) is 12.0 Å². The van der Waals surface area contributed by atoms with E-state index < -0.39 is 15.7 Å². The summed E-state index contributed by atoms with van der Waals surface area (Å²) in [5.41, 5.74) is 2.50. The quantitative estimate of drug-likeness (QED) is 0.341. The summed E-state index contributed by atoms with van der Waals surface area (Å²) in [6.45, 7) is 4.28. The second-order valence-electron chi connectivity index (χ2n) is 8.96. The number of anilines is 2. The molecule has 0 aliphatic carbocycles. The van der Waals surface area contributed by atoms with Crippen molar-refractivity contribution in [3.8, 4) is 5.75 Å². The van der Waals surface area contributed by atoms with Crippen molar-refractivity contribution < 1.29 is 17.9 Å². The van der Waals surface area contributed by atoms with E-state index >= 15 is 0 Å². The number of ether oxygens (including phenoxy) is 1. The van der Waals surface area contributed by atoms with E-state index in [1.165, 1.54) is 17.7 Å². The predicted octanol–water partition coefficient (Wildman–Crippen LogP) is 4.26. The van der Waals surface area contributed by atoms with Gasteiger partial charge in [-0.1, -0.05) is 31.2 Å². The van der Waals surface area contributed by atoms with Crippen molar-refractivity contribution in [1.82, 2.24) is 5.32 Å². The van der Waals surface area contributed by atoms with Crippen LogP contribution in [0.15, 0.2) is 87.7 Å². The maximum Gasteiger partial charge on any atom is 0.323 e. The molecule has 0 saturated heterocycles. The molecule has 1 atom stereocenters. The van der Waals surface area contributed by atoms with Gasteiger partial charge >= 0.3 is 6.03 Å². The number of urea groups is 1. The highest BCUT2D eigenvalue weighted by molar-refractivity contribution is 7.89. The minimum Gasteiger partial charge on any atom is -0.466 e. The Labute approximate surface area is 222 Å². The van der Waals surface area contributed by atoms with E-state index in [1.807, 2.05) is 31.2 Å². The highest BCUT2D eigenvalue weighted by atomic mass is 32.2. The number of carbonyl (C=O) groups is 1. The molecule has 10 nitrogen and oxygen atoms in total. The SMILES string of the molecule is CCc1ccc(NC(=O)Nc2ccc(OC3(C)CC(=NCc4ccc(S(N)(=O)=O)cc4)NC=N3)cc2)cc1. The van der Waals surface area contributed by atoms with E-state index in [0.29, 0.717) is 35.9 Å². The molecular weight excluding hydrogens is 504 g/mol. The topological polar surface area (TPSA) is 147 Å². The first kappa shape index (κ1) is 26.8. The number of aryl methyl sites for hydroxylation is 1. The summed E-state index contributed by atoms with van der Waals surface area (Å²) in [7, 11) is -3.73. The van der Waals surface area contributed by atoms with Crippen molar-refractivity contribution in [2.24, 2.45) is 15.1 Å². The summed E-state index contributed by atoms with van der Waals surface area (Å²) >= 11 is 0. The molecular formula is C27H30N6O4S. The van der Waals surface area contributed by atoms with Gasteiger partial charge in [-0.15, -0.1) is 0 Å². The molecule has 3 aromatic rings. The Kier molecular flexibility index (Phi) is 8.08. The van der Waals surface area contributed by atoms with Gasteiger partial charge in [0, 0.05) is 11.4 Å². The van der Waals surface area contributed by atoms with Crippen LogP contribution in [0.2, 0.25) is 0 Å². The van der Waals surface area contributed by atoms with Crippen molar-refractivity contribution in [2.75, 3.05) is 10.6 Å². The molecule has 4 rings (SSSR count). The van der Waals surface area contributed by atoms with Crippen molar-refractivity contribution in [3.05, 3.63) is 83.9 Å². The van der Waals surface area contributed by atoms with Crippen molar-refractivity contribution >= 4 is 39.6 Å². The highest BCUT2D eigenvalue weighted by Gasteiger charge is 2.30. The molecule has 0 fully saturated rings. The third kappa shape index (κ3) is 7.40. The molecule has 2 amide bonds. The molecule has 5 N–H and O–H groups in total. The van der Waals surface area contributed by atoms with Gasteiger partial charge in [0.2, 0.25) is 15.7 Å². The van der Waals surface area contributed by atoms with E-state index in [1.54, 1.807) is 42.7 Å². The highest BCUT2D eigenvalue weighted by Crippen LogP contribution is 2.26. The summed E-state index contributed by atoms with van der Waals surface area (Å²) in [6.07, 6.45) is 2.88. The molecule has 198 valence electrons. The summed E-state index contributed by atoms with van der Waals surface area (Å²) in [5, 5.41) is 13.8. The maximum absolute atomic E-state index is 12.3. The maximum atomic E-state index is 12.3. The molecule has 11 heteroatoms. The van der Waals surface area contributed by atoms with E-state index in [9.17, 15) is 13.2 Å². The molecule has 3 aromatic carbocycles. The van der Waals surface area contributed by atoms with Crippen molar-refractivity contribution in [1.29, 1.82) is 0 Å². The Morgan fingerprint density at radius 3 is 2.16 bits per heavy atom. The molecule has 0 spiro atoms. The fraction of sp³-hybridized carbons (Fsp3) is 0.222. The molecule has 1 heterocycles. The van der Waals surface area contributed by atoms with Gasteiger partial charge in [0.1, 0.15) is 11.6 Å². The zero-order chi connectivity index (χ0) is 27.2. The van der Waals surface area contributed by atoms with Gasteiger partial charge in [0.05, 0.1) is 24.2 Å². The minimum absolute atomic E-state index is 0.0568. The Morgan fingerprint density at radius 2 is 1.58 bits per heavy atom. The number of hydrogen-bond donors (Lipinski definition) is 4. The lowest BCUT2D eigenvalue weighted by Crippen LogP contribution is -2.42. The van der Waals surface area contributed by atoms with Crippen LogP contribution in [0, 0.1) is 0 Å². The van der Waals surface area contributed by atoms with Crippen LogP contribution >= 0.6 is 0 Å². The third-order valence-electron chi connectivity index (χ3n) is 5.84. The average Bonchev–Trinajstić information content (AvgIpc) is 2.89. The first-order chi connectivity index (χ1) is 18.1. The number of rotatable bonds is 8.